The molecule has 0 aliphatic carbocycles. The molecule has 0 bridgehead atoms. The van der Waals surface area contributed by atoms with Crippen molar-refractivity contribution in [3.63, 3.8) is 0 Å². The summed E-state index contributed by atoms with van der Waals surface area (Å²) in [4.78, 5) is 15.7. The van der Waals surface area contributed by atoms with Gasteiger partial charge in [-0.3, -0.25) is 4.79 Å². The zero-order valence-corrected chi connectivity index (χ0v) is 16.0. The van der Waals surface area contributed by atoms with Crippen LogP contribution in [0.2, 0.25) is 0 Å². The molecule has 0 spiro atoms. The van der Waals surface area contributed by atoms with Crippen molar-refractivity contribution < 1.29 is 14.3 Å². The Morgan fingerprint density at radius 2 is 1.89 bits per heavy atom. The first-order valence-corrected chi connectivity index (χ1v) is 9.16. The third-order valence-corrected chi connectivity index (χ3v) is 4.75. The Bertz CT molecular complexity index is 917. The number of Topliss-reactive ketones (excluding diaryl/α,β-unsaturated/α-hetero) is 1. The van der Waals surface area contributed by atoms with Crippen LogP contribution < -0.4 is 14.8 Å². The van der Waals surface area contributed by atoms with Crippen LogP contribution in [0.5, 0.6) is 11.5 Å². The molecule has 142 valence electrons. The SMILES string of the molecule is COc1ccc(C(=O)CCNC(C)Cc2c[nH]c3ccccc23)cc1OC. The summed E-state index contributed by atoms with van der Waals surface area (Å²) in [6.07, 6.45) is 3.42. The molecule has 2 aromatic carbocycles. The lowest BCUT2D eigenvalue weighted by molar-refractivity contribution is 0.0981. The second kappa shape index (κ2) is 8.73. The Labute approximate surface area is 159 Å². The molecule has 3 rings (SSSR count). The number of methoxy groups -OCH3 is 2. The summed E-state index contributed by atoms with van der Waals surface area (Å²) in [5.41, 5.74) is 3.08. The van der Waals surface area contributed by atoms with Crippen molar-refractivity contribution >= 4 is 16.7 Å². The summed E-state index contributed by atoms with van der Waals surface area (Å²) >= 11 is 0. The minimum absolute atomic E-state index is 0.0859. The molecular weight excluding hydrogens is 340 g/mol. The predicted octanol–water partition coefficient (Wildman–Crippen LogP) is 3.98. The largest absolute Gasteiger partial charge is 0.493 e. The van der Waals surface area contributed by atoms with Gasteiger partial charge in [-0.05, 0) is 43.2 Å². The topological polar surface area (TPSA) is 63.3 Å². The van der Waals surface area contributed by atoms with E-state index in [1.165, 1.54) is 10.9 Å². The molecule has 0 amide bonds. The second-order valence-electron chi connectivity index (χ2n) is 6.66. The molecule has 1 unspecified atom stereocenters. The number of H-pyrrole nitrogens is 1. The number of rotatable bonds is 9. The Balaban J connectivity index is 1.52. The van der Waals surface area contributed by atoms with Gasteiger partial charge in [-0.25, -0.2) is 0 Å². The lowest BCUT2D eigenvalue weighted by Crippen LogP contribution is -2.30. The highest BCUT2D eigenvalue weighted by molar-refractivity contribution is 5.96. The maximum absolute atomic E-state index is 12.4. The van der Waals surface area contributed by atoms with Crippen molar-refractivity contribution in [3.05, 3.63) is 59.8 Å². The van der Waals surface area contributed by atoms with E-state index < -0.39 is 0 Å². The van der Waals surface area contributed by atoms with Crippen LogP contribution in [0.4, 0.5) is 0 Å². The molecule has 1 atom stereocenters. The predicted molar refractivity (Wildman–Crippen MR) is 108 cm³/mol. The zero-order chi connectivity index (χ0) is 19.2. The fourth-order valence-electron chi connectivity index (χ4n) is 3.29. The molecule has 0 aliphatic heterocycles. The van der Waals surface area contributed by atoms with E-state index in [0.717, 1.165) is 11.9 Å². The highest BCUT2D eigenvalue weighted by Crippen LogP contribution is 2.28. The summed E-state index contributed by atoms with van der Waals surface area (Å²) in [5, 5.41) is 4.70. The first-order valence-electron chi connectivity index (χ1n) is 9.16. The Morgan fingerprint density at radius 3 is 2.67 bits per heavy atom. The lowest BCUT2D eigenvalue weighted by atomic mass is 10.1. The average Bonchev–Trinajstić information content (AvgIpc) is 3.10. The Morgan fingerprint density at radius 1 is 1.11 bits per heavy atom. The van der Waals surface area contributed by atoms with E-state index >= 15 is 0 Å². The fraction of sp³-hybridized carbons (Fsp3) is 0.318. The van der Waals surface area contributed by atoms with Crippen molar-refractivity contribution in [2.24, 2.45) is 0 Å². The van der Waals surface area contributed by atoms with Crippen molar-refractivity contribution in [3.8, 4) is 11.5 Å². The number of benzene rings is 2. The summed E-state index contributed by atoms with van der Waals surface area (Å²) in [6, 6.07) is 13.9. The number of carbonyl (C=O) groups excluding carboxylic acids is 1. The van der Waals surface area contributed by atoms with Gasteiger partial charge in [-0.15, -0.1) is 0 Å². The molecule has 0 aliphatic rings. The van der Waals surface area contributed by atoms with Crippen LogP contribution >= 0.6 is 0 Å². The number of nitrogens with one attached hydrogen (secondary N) is 2. The maximum Gasteiger partial charge on any atom is 0.164 e. The minimum atomic E-state index is 0.0859. The molecule has 0 saturated carbocycles. The second-order valence-corrected chi connectivity index (χ2v) is 6.66. The van der Waals surface area contributed by atoms with E-state index in [1.54, 1.807) is 32.4 Å². The van der Waals surface area contributed by atoms with Gasteiger partial charge in [0.15, 0.2) is 17.3 Å². The zero-order valence-electron chi connectivity index (χ0n) is 16.0. The van der Waals surface area contributed by atoms with E-state index in [9.17, 15) is 4.79 Å². The number of ketones is 1. The smallest absolute Gasteiger partial charge is 0.164 e. The van der Waals surface area contributed by atoms with Gasteiger partial charge in [0.1, 0.15) is 0 Å². The lowest BCUT2D eigenvalue weighted by Gasteiger charge is -2.13. The van der Waals surface area contributed by atoms with Crippen LogP contribution in [0.1, 0.15) is 29.3 Å². The molecule has 27 heavy (non-hydrogen) atoms. The summed E-state index contributed by atoms with van der Waals surface area (Å²) in [6.45, 7) is 2.78. The standard InChI is InChI=1S/C22H26N2O3/c1-15(12-17-14-24-19-7-5-4-6-18(17)19)23-11-10-20(25)16-8-9-21(26-2)22(13-16)27-3/h4-9,13-15,23-24H,10-12H2,1-3H3. The Kier molecular flexibility index (Phi) is 6.14. The average molecular weight is 366 g/mol. The van der Waals surface area contributed by atoms with Crippen molar-refractivity contribution in [1.82, 2.24) is 10.3 Å². The molecule has 0 fully saturated rings. The summed E-state index contributed by atoms with van der Waals surface area (Å²) < 4.78 is 10.5. The van der Waals surface area contributed by atoms with Gasteiger partial charge in [0, 0.05) is 41.7 Å². The number of aromatic nitrogens is 1. The summed E-state index contributed by atoms with van der Waals surface area (Å²) in [5.74, 6) is 1.28. The van der Waals surface area contributed by atoms with Gasteiger partial charge in [-0.2, -0.15) is 0 Å². The van der Waals surface area contributed by atoms with Crippen molar-refractivity contribution in [1.29, 1.82) is 0 Å². The van der Waals surface area contributed by atoms with Crippen LogP contribution in [-0.4, -0.2) is 37.6 Å². The number of hydrogen-bond donors (Lipinski definition) is 2. The minimum Gasteiger partial charge on any atom is -0.493 e. The van der Waals surface area contributed by atoms with Crippen LogP contribution in [0.25, 0.3) is 10.9 Å². The van der Waals surface area contributed by atoms with E-state index in [0.29, 0.717) is 30.0 Å². The fourth-order valence-corrected chi connectivity index (χ4v) is 3.29. The number of para-hydroxylation sites is 1. The number of ether oxygens (including phenoxy) is 2. The molecule has 0 radical (unpaired) electrons. The molecule has 1 aromatic heterocycles. The number of hydrogen-bond acceptors (Lipinski definition) is 4. The van der Waals surface area contributed by atoms with E-state index in [-0.39, 0.29) is 11.8 Å². The summed E-state index contributed by atoms with van der Waals surface area (Å²) in [7, 11) is 3.15. The maximum atomic E-state index is 12.4. The quantitative estimate of drug-likeness (QED) is 0.562. The monoisotopic (exact) mass is 366 g/mol. The molecule has 1 heterocycles. The van der Waals surface area contributed by atoms with Crippen LogP contribution in [0, 0.1) is 0 Å². The van der Waals surface area contributed by atoms with Gasteiger partial charge < -0.3 is 19.8 Å². The number of fused-ring (bicyclic) bond motifs is 1. The highest BCUT2D eigenvalue weighted by atomic mass is 16.5. The van der Waals surface area contributed by atoms with Crippen LogP contribution in [-0.2, 0) is 6.42 Å². The van der Waals surface area contributed by atoms with Gasteiger partial charge in [0.2, 0.25) is 0 Å². The van der Waals surface area contributed by atoms with Crippen molar-refractivity contribution in [2.75, 3.05) is 20.8 Å². The first-order chi connectivity index (χ1) is 13.1. The molecule has 3 aromatic rings. The normalized spacial score (nSPS) is 12.1. The molecule has 5 nitrogen and oxygen atoms in total. The van der Waals surface area contributed by atoms with E-state index in [1.807, 2.05) is 6.07 Å². The number of aromatic amines is 1. The van der Waals surface area contributed by atoms with E-state index in [4.69, 9.17) is 9.47 Å². The van der Waals surface area contributed by atoms with Gasteiger partial charge in [0.25, 0.3) is 0 Å². The Hall–Kier alpha value is -2.79. The third kappa shape index (κ3) is 4.49. The molecule has 2 N–H and O–H groups in total. The van der Waals surface area contributed by atoms with Crippen LogP contribution in [0.15, 0.2) is 48.7 Å². The van der Waals surface area contributed by atoms with Gasteiger partial charge in [-0.1, -0.05) is 18.2 Å². The van der Waals surface area contributed by atoms with Crippen molar-refractivity contribution in [2.45, 2.75) is 25.8 Å². The van der Waals surface area contributed by atoms with Gasteiger partial charge in [0.05, 0.1) is 14.2 Å². The third-order valence-electron chi connectivity index (χ3n) is 4.75. The number of carbonyl (C=O) groups is 1. The van der Waals surface area contributed by atoms with E-state index in [2.05, 4.69) is 41.6 Å². The molecule has 5 heteroatoms. The van der Waals surface area contributed by atoms with Crippen LogP contribution in [0.3, 0.4) is 0 Å². The van der Waals surface area contributed by atoms with Gasteiger partial charge >= 0.3 is 0 Å². The first kappa shape index (κ1) is 19.0. The highest BCUT2D eigenvalue weighted by Gasteiger charge is 2.12. The molecule has 0 saturated heterocycles. The molecular formula is C22H26N2O3.